The minimum absolute atomic E-state index is 0. The van der Waals surface area contributed by atoms with Crippen LogP contribution in [0.15, 0.2) is 42.5 Å². The maximum atomic E-state index is 12.3. The summed E-state index contributed by atoms with van der Waals surface area (Å²) in [5.41, 5.74) is 10.2. The molecule has 5 heteroatoms. The van der Waals surface area contributed by atoms with Crippen LogP contribution in [0.3, 0.4) is 0 Å². The van der Waals surface area contributed by atoms with Crippen LogP contribution in [-0.4, -0.2) is 18.2 Å². The standard InChI is InChI=1S/C20H24N2O2.ClH/c1-14-3-4-15(2)18(13-14)19(23)9-10-20(24)22-12-11-16-5-7-17(21)8-6-16;/h3-8,13H,9-12,21H2,1-2H3,(H,22,24);1H. The minimum Gasteiger partial charge on any atom is -0.399 e. The van der Waals surface area contributed by atoms with Crippen LogP contribution in [0.5, 0.6) is 0 Å². The van der Waals surface area contributed by atoms with E-state index in [1.54, 1.807) is 0 Å². The molecule has 25 heavy (non-hydrogen) atoms. The quantitative estimate of drug-likeness (QED) is 0.585. The van der Waals surface area contributed by atoms with Crippen molar-refractivity contribution in [3.8, 4) is 0 Å². The van der Waals surface area contributed by atoms with Gasteiger partial charge in [-0.25, -0.2) is 0 Å². The van der Waals surface area contributed by atoms with Crippen LogP contribution in [0, 0.1) is 13.8 Å². The molecule has 2 aromatic rings. The molecule has 1 amide bonds. The van der Waals surface area contributed by atoms with Gasteiger partial charge in [-0.05, 0) is 49.6 Å². The number of nitrogens with two attached hydrogens (primary N) is 1. The third-order valence-corrected chi connectivity index (χ3v) is 3.99. The number of Topliss-reactive ketones (excluding diaryl/α,β-unsaturated/α-hetero) is 1. The highest BCUT2D eigenvalue weighted by atomic mass is 35.5. The molecule has 0 unspecified atom stereocenters. The third kappa shape index (κ3) is 6.59. The predicted octanol–water partition coefficient (Wildman–Crippen LogP) is 3.63. The average Bonchev–Trinajstić information content (AvgIpc) is 2.56. The maximum Gasteiger partial charge on any atom is 0.220 e. The van der Waals surface area contributed by atoms with E-state index in [1.165, 1.54) is 0 Å². The topological polar surface area (TPSA) is 72.2 Å². The van der Waals surface area contributed by atoms with E-state index < -0.39 is 0 Å². The summed E-state index contributed by atoms with van der Waals surface area (Å²) in [6.45, 7) is 4.43. The van der Waals surface area contributed by atoms with Gasteiger partial charge in [-0.15, -0.1) is 12.4 Å². The van der Waals surface area contributed by atoms with Gasteiger partial charge in [-0.3, -0.25) is 9.59 Å². The monoisotopic (exact) mass is 360 g/mol. The molecule has 0 aliphatic carbocycles. The van der Waals surface area contributed by atoms with Crippen molar-refractivity contribution >= 4 is 29.8 Å². The molecular weight excluding hydrogens is 336 g/mol. The summed E-state index contributed by atoms with van der Waals surface area (Å²) in [6, 6.07) is 13.4. The number of nitrogen functional groups attached to an aromatic ring is 1. The number of aryl methyl sites for hydroxylation is 2. The van der Waals surface area contributed by atoms with E-state index >= 15 is 0 Å². The van der Waals surface area contributed by atoms with Crippen molar-refractivity contribution in [2.45, 2.75) is 33.1 Å². The second-order valence-electron chi connectivity index (χ2n) is 6.08. The summed E-state index contributed by atoms with van der Waals surface area (Å²) in [5.74, 6) is -0.0750. The number of carbonyl (C=O) groups is 2. The molecule has 134 valence electrons. The molecule has 3 N–H and O–H groups in total. The summed E-state index contributed by atoms with van der Waals surface area (Å²) in [5, 5.41) is 2.86. The number of hydrogen-bond acceptors (Lipinski definition) is 3. The molecule has 0 aromatic heterocycles. The van der Waals surface area contributed by atoms with Gasteiger partial charge in [-0.1, -0.05) is 29.8 Å². The lowest BCUT2D eigenvalue weighted by Crippen LogP contribution is -2.26. The summed E-state index contributed by atoms with van der Waals surface area (Å²) >= 11 is 0. The fourth-order valence-electron chi connectivity index (χ4n) is 2.52. The number of carbonyl (C=O) groups excluding carboxylic acids is 2. The molecule has 0 bridgehead atoms. The van der Waals surface area contributed by atoms with E-state index in [2.05, 4.69) is 5.32 Å². The normalized spacial score (nSPS) is 10.0. The maximum absolute atomic E-state index is 12.3. The number of amides is 1. The summed E-state index contributed by atoms with van der Waals surface area (Å²) in [4.78, 5) is 24.1. The van der Waals surface area contributed by atoms with Gasteiger partial charge in [0.25, 0.3) is 0 Å². The Morgan fingerprint density at radius 3 is 2.36 bits per heavy atom. The SMILES string of the molecule is Cc1ccc(C)c(C(=O)CCC(=O)NCCc2ccc(N)cc2)c1.Cl. The first-order chi connectivity index (χ1) is 11.5. The number of halogens is 1. The molecule has 0 aliphatic heterocycles. The first-order valence-corrected chi connectivity index (χ1v) is 8.17. The summed E-state index contributed by atoms with van der Waals surface area (Å²) in [7, 11) is 0. The van der Waals surface area contributed by atoms with Crippen LogP contribution in [0.4, 0.5) is 5.69 Å². The second-order valence-corrected chi connectivity index (χ2v) is 6.08. The zero-order valence-corrected chi connectivity index (χ0v) is 15.5. The van der Waals surface area contributed by atoms with E-state index in [-0.39, 0.29) is 36.9 Å². The number of rotatable bonds is 7. The van der Waals surface area contributed by atoms with E-state index in [1.807, 2.05) is 56.3 Å². The molecular formula is C20H25ClN2O2. The highest BCUT2D eigenvalue weighted by Crippen LogP contribution is 2.14. The van der Waals surface area contributed by atoms with Crippen molar-refractivity contribution < 1.29 is 9.59 Å². The Bertz CT molecular complexity index is 727. The fourth-order valence-corrected chi connectivity index (χ4v) is 2.52. The lowest BCUT2D eigenvalue weighted by atomic mass is 9.99. The van der Waals surface area contributed by atoms with Gasteiger partial charge in [0, 0.05) is 30.6 Å². The first-order valence-electron chi connectivity index (χ1n) is 8.17. The van der Waals surface area contributed by atoms with Gasteiger partial charge in [-0.2, -0.15) is 0 Å². The Morgan fingerprint density at radius 1 is 1.00 bits per heavy atom. The van der Waals surface area contributed by atoms with Gasteiger partial charge < -0.3 is 11.1 Å². The largest absolute Gasteiger partial charge is 0.399 e. The van der Waals surface area contributed by atoms with E-state index in [0.717, 1.165) is 28.8 Å². The fraction of sp³-hybridized carbons (Fsp3) is 0.300. The Morgan fingerprint density at radius 2 is 1.68 bits per heavy atom. The number of nitrogens with one attached hydrogen (secondary N) is 1. The Kier molecular flexibility index (Phi) is 8.16. The predicted molar refractivity (Wildman–Crippen MR) is 104 cm³/mol. The van der Waals surface area contributed by atoms with E-state index in [9.17, 15) is 9.59 Å². The molecule has 0 saturated carbocycles. The molecule has 0 aliphatic rings. The molecule has 0 fully saturated rings. The van der Waals surface area contributed by atoms with E-state index in [4.69, 9.17) is 5.73 Å². The van der Waals surface area contributed by atoms with Gasteiger partial charge in [0.15, 0.2) is 5.78 Å². The molecule has 0 spiro atoms. The Balaban J connectivity index is 0.00000312. The zero-order valence-electron chi connectivity index (χ0n) is 14.7. The van der Waals surface area contributed by atoms with Crippen LogP contribution in [0.25, 0.3) is 0 Å². The molecule has 2 rings (SSSR count). The molecule has 2 aromatic carbocycles. The van der Waals surface area contributed by atoms with Crippen molar-refractivity contribution in [3.05, 3.63) is 64.7 Å². The molecule has 0 radical (unpaired) electrons. The minimum atomic E-state index is -0.0934. The van der Waals surface area contributed by atoms with Gasteiger partial charge in [0.2, 0.25) is 5.91 Å². The van der Waals surface area contributed by atoms with E-state index in [0.29, 0.717) is 12.1 Å². The van der Waals surface area contributed by atoms with Crippen LogP contribution < -0.4 is 11.1 Å². The Labute approximate surface area is 155 Å². The van der Waals surface area contributed by atoms with Crippen molar-refractivity contribution in [1.29, 1.82) is 0 Å². The van der Waals surface area contributed by atoms with Crippen molar-refractivity contribution in [3.63, 3.8) is 0 Å². The second kappa shape index (κ2) is 9.84. The van der Waals surface area contributed by atoms with Crippen LogP contribution >= 0.6 is 12.4 Å². The van der Waals surface area contributed by atoms with Crippen LogP contribution in [0.2, 0.25) is 0 Å². The van der Waals surface area contributed by atoms with Gasteiger partial charge in [0.05, 0.1) is 0 Å². The third-order valence-electron chi connectivity index (χ3n) is 3.99. The highest BCUT2D eigenvalue weighted by Gasteiger charge is 2.11. The number of hydrogen-bond donors (Lipinski definition) is 2. The van der Waals surface area contributed by atoms with Crippen molar-refractivity contribution in [2.24, 2.45) is 0 Å². The van der Waals surface area contributed by atoms with Gasteiger partial charge in [0.1, 0.15) is 0 Å². The lowest BCUT2D eigenvalue weighted by Gasteiger charge is -2.07. The van der Waals surface area contributed by atoms with Crippen LogP contribution in [0.1, 0.15) is 39.9 Å². The lowest BCUT2D eigenvalue weighted by molar-refractivity contribution is -0.121. The van der Waals surface area contributed by atoms with Gasteiger partial charge >= 0.3 is 0 Å². The molecule has 0 saturated heterocycles. The number of benzene rings is 2. The first kappa shape index (κ1) is 20.7. The molecule has 0 atom stereocenters. The van der Waals surface area contributed by atoms with Crippen molar-refractivity contribution in [2.75, 3.05) is 12.3 Å². The number of ketones is 1. The summed E-state index contributed by atoms with van der Waals surface area (Å²) < 4.78 is 0. The smallest absolute Gasteiger partial charge is 0.220 e. The average molecular weight is 361 g/mol. The molecule has 0 heterocycles. The number of anilines is 1. The highest BCUT2D eigenvalue weighted by molar-refractivity contribution is 5.99. The summed E-state index contributed by atoms with van der Waals surface area (Å²) in [6.07, 6.45) is 1.20. The van der Waals surface area contributed by atoms with Crippen molar-refractivity contribution in [1.82, 2.24) is 5.32 Å². The Hall–Kier alpha value is -2.33. The van der Waals surface area contributed by atoms with Crippen LogP contribution in [-0.2, 0) is 11.2 Å². The zero-order chi connectivity index (χ0) is 17.5. The molecule has 4 nitrogen and oxygen atoms in total.